The third-order valence-electron chi connectivity index (χ3n) is 1.64. The first-order chi connectivity index (χ1) is 5.29. The van der Waals surface area contributed by atoms with E-state index in [1.165, 1.54) is 12.2 Å². The van der Waals surface area contributed by atoms with Crippen LogP contribution in [0.2, 0.25) is 0 Å². The predicted molar refractivity (Wildman–Crippen MR) is 49.9 cm³/mol. The molecule has 0 amide bonds. The van der Waals surface area contributed by atoms with Gasteiger partial charge in [-0.25, -0.2) is 0 Å². The third kappa shape index (κ3) is 3.91. The fourth-order valence-electron chi connectivity index (χ4n) is 1.05. The van der Waals surface area contributed by atoms with Gasteiger partial charge in [0.15, 0.2) is 0 Å². The molecule has 64 valence electrons. The van der Waals surface area contributed by atoms with Crippen molar-refractivity contribution in [2.45, 2.75) is 30.9 Å². The lowest BCUT2D eigenvalue weighted by Gasteiger charge is -2.03. The van der Waals surface area contributed by atoms with Crippen LogP contribution in [0.3, 0.4) is 0 Å². The van der Waals surface area contributed by atoms with E-state index in [1.807, 2.05) is 21.6 Å². The van der Waals surface area contributed by atoms with Crippen molar-refractivity contribution in [3.63, 3.8) is 0 Å². The Morgan fingerprint density at radius 3 is 3.00 bits per heavy atom. The Kier molecular flexibility index (Phi) is 4.15. The Hall–Kier alpha value is 0.170. The number of aliphatic carboxylic acids is 1. The molecule has 1 aliphatic rings. The van der Waals surface area contributed by atoms with Gasteiger partial charge in [0.1, 0.15) is 0 Å². The molecular formula is C7H12O2S2. The highest BCUT2D eigenvalue weighted by Gasteiger charge is 2.15. The minimum atomic E-state index is -0.666. The molecule has 1 N–H and O–H groups in total. The molecule has 0 saturated carbocycles. The molecule has 0 bridgehead atoms. The van der Waals surface area contributed by atoms with Gasteiger partial charge in [0.25, 0.3) is 0 Å². The maximum absolute atomic E-state index is 10.2. The van der Waals surface area contributed by atoms with Gasteiger partial charge in [-0.1, -0.05) is 21.6 Å². The van der Waals surface area contributed by atoms with E-state index in [-0.39, 0.29) is 0 Å². The highest BCUT2D eigenvalue weighted by molar-refractivity contribution is 8.77. The Morgan fingerprint density at radius 2 is 2.45 bits per heavy atom. The maximum atomic E-state index is 10.2. The second kappa shape index (κ2) is 4.93. The van der Waals surface area contributed by atoms with Crippen molar-refractivity contribution in [3.05, 3.63) is 0 Å². The van der Waals surface area contributed by atoms with Gasteiger partial charge in [-0.3, -0.25) is 4.79 Å². The topological polar surface area (TPSA) is 37.3 Å². The third-order valence-corrected chi connectivity index (χ3v) is 4.65. The molecule has 1 heterocycles. The fourth-order valence-corrected chi connectivity index (χ4v) is 4.07. The molecule has 11 heavy (non-hydrogen) atoms. The van der Waals surface area contributed by atoms with Crippen molar-refractivity contribution >= 4 is 27.6 Å². The van der Waals surface area contributed by atoms with E-state index >= 15 is 0 Å². The van der Waals surface area contributed by atoms with E-state index in [0.717, 1.165) is 18.1 Å². The largest absolute Gasteiger partial charge is 0.481 e. The van der Waals surface area contributed by atoms with Crippen LogP contribution < -0.4 is 0 Å². The molecule has 0 unspecified atom stereocenters. The molecule has 1 saturated heterocycles. The number of carboxylic acid groups (broad SMARTS) is 1. The Morgan fingerprint density at radius 1 is 1.64 bits per heavy atom. The molecule has 0 aromatic rings. The van der Waals surface area contributed by atoms with Crippen molar-refractivity contribution in [1.82, 2.24) is 0 Å². The summed E-state index contributed by atoms with van der Waals surface area (Å²) in [6.45, 7) is 0. The minimum absolute atomic E-state index is 0.335. The number of hydrogen-bond acceptors (Lipinski definition) is 3. The predicted octanol–water partition coefficient (Wildman–Crippen LogP) is 2.40. The van der Waals surface area contributed by atoms with E-state index < -0.39 is 5.97 Å². The van der Waals surface area contributed by atoms with Gasteiger partial charge in [0.05, 0.1) is 0 Å². The summed E-state index contributed by atoms with van der Waals surface area (Å²) in [5.41, 5.74) is 0. The summed E-state index contributed by atoms with van der Waals surface area (Å²) in [6.07, 6.45) is 3.51. The number of hydrogen-bond donors (Lipinski definition) is 1. The van der Waals surface area contributed by atoms with E-state index in [2.05, 4.69) is 0 Å². The molecule has 4 heteroatoms. The summed E-state index contributed by atoms with van der Waals surface area (Å²) in [5, 5.41) is 9.10. The quantitative estimate of drug-likeness (QED) is 0.694. The zero-order valence-corrected chi connectivity index (χ0v) is 7.92. The summed E-state index contributed by atoms with van der Waals surface area (Å²) in [4.78, 5) is 10.2. The van der Waals surface area contributed by atoms with Crippen LogP contribution in [0.1, 0.15) is 25.7 Å². The van der Waals surface area contributed by atoms with E-state index in [1.54, 1.807) is 0 Å². The van der Waals surface area contributed by atoms with Crippen LogP contribution >= 0.6 is 21.6 Å². The summed E-state index contributed by atoms with van der Waals surface area (Å²) < 4.78 is 0. The van der Waals surface area contributed by atoms with E-state index in [9.17, 15) is 4.79 Å². The molecular weight excluding hydrogens is 180 g/mol. The standard InChI is InChI=1S/C7H12O2S2/c8-7(9)3-1-2-6-4-5-10-11-6/h6H,1-5H2,(H,8,9)/t6-/m0/s1. The molecule has 0 spiro atoms. The van der Waals surface area contributed by atoms with Crippen molar-refractivity contribution in [2.75, 3.05) is 5.75 Å². The lowest BCUT2D eigenvalue weighted by molar-refractivity contribution is -0.137. The first-order valence-electron chi connectivity index (χ1n) is 3.79. The second-order valence-corrected chi connectivity index (χ2v) is 5.40. The summed E-state index contributed by atoms with van der Waals surface area (Å²) in [5.74, 6) is 0.572. The highest BCUT2D eigenvalue weighted by Crippen LogP contribution is 2.39. The second-order valence-electron chi connectivity index (χ2n) is 2.61. The first kappa shape index (κ1) is 9.26. The van der Waals surface area contributed by atoms with Crippen LogP contribution in [-0.4, -0.2) is 22.1 Å². The number of carboxylic acids is 1. The normalized spacial score (nSPS) is 23.8. The number of rotatable bonds is 4. The molecule has 1 fully saturated rings. The first-order valence-corrected chi connectivity index (χ1v) is 6.17. The zero-order chi connectivity index (χ0) is 8.10. The fraction of sp³-hybridized carbons (Fsp3) is 0.857. The Bertz CT molecular complexity index is 132. The molecule has 0 radical (unpaired) electrons. The van der Waals surface area contributed by atoms with Crippen LogP contribution in [0.15, 0.2) is 0 Å². The summed E-state index contributed by atoms with van der Waals surface area (Å²) >= 11 is 0. The number of carbonyl (C=O) groups is 1. The van der Waals surface area contributed by atoms with Crippen LogP contribution in [0.5, 0.6) is 0 Å². The monoisotopic (exact) mass is 192 g/mol. The van der Waals surface area contributed by atoms with Gasteiger partial charge in [0.2, 0.25) is 0 Å². The molecule has 1 rings (SSSR count). The SMILES string of the molecule is O=C(O)CCC[C@H]1CCSS1. The molecule has 1 atom stereocenters. The van der Waals surface area contributed by atoms with Gasteiger partial charge in [-0.2, -0.15) is 0 Å². The maximum Gasteiger partial charge on any atom is 0.303 e. The lowest BCUT2D eigenvalue weighted by atomic mass is 10.1. The summed E-state index contributed by atoms with van der Waals surface area (Å²) in [6, 6.07) is 0. The average Bonchev–Trinajstić information content (AvgIpc) is 2.39. The van der Waals surface area contributed by atoms with E-state index in [0.29, 0.717) is 6.42 Å². The lowest BCUT2D eigenvalue weighted by Crippen LogP contribution is -2.00. The van der Waals surface area contributed by atoms with Gasteiger partial charge in [-0.15, -0.1) is 0 Å². The molecule has 1 aliphatic heterocycles. The minimum Gasteiger partial charge on any atom is -0.481 e. The molecule has 0 aliphatic carbocycles. The molecule has 0 aromatic heterocycles. The van der Waals surface area contributed by atoms with Crippen molar-refractivity contribution in [1.29, 1.82) is 0 Å². The van der Waals surface area contributed by atoms with Crippen molar-refractivity contribution < 1.29 is 9.90 Å². The van der Waals surface area contributed by atoms with Crippen molar-refractivity contribution in [3.8, 4) is 0 Å². The van der Waals surface area contributed by atoms with E-state index in [4.69, 9.17) is 5.11 Å². The zero-order valence-electron chi connectivity index (χ0n) is 6.28. The van der Waals surface area contributed by atoms with Crippen LogP contribution in [0.25, 0.3) is 0 Å². The highest BCUT2D eigenvalue weighted by atomic mass is 33.1. The van der Waals surface area contributed by atoms with Crippen LogP contribution in [0, 0.1) is 0 Å². The van der Waals surface area contributed by atoms with Gasteiger partial charge >= 0.3 is 5.97 Å². The Labute approximate surface area is 74.5 Å². The smallest absolute Gasteiger partial charge is 0.303 e. The van der Waals surface area contributed by atoms with Crippen molar-refractivity contribution in [2.24, 2.45) is 0 Å². The van der Waals surface area contributed by atoms with Crippen LogP contribution in [-0.2, 0) is 4.79 Å². The summed E-state index contributed by atoms with van der Waals surface area (Å²) in [7, 11) is 3.83. The molecule has 0 aromatic carbocycles. The Balaban J connectivity index is 1.98. The molecule has 2 nitrogen and oxygen atoms in total. The van der Waals surface area contributed by atoms with Gasteiger partial charge in [-0.05, 0) is 19.3 Å². The average molecular weight is 192 g/mol. The van der Waals surface area contributed by atoms with Crippen LogP contribution in [0.4, 0.5) is 0 Å². The van der Waals surface area contributed by atoms with Gasteiger partial charge < -0.3 is 5.11 Å². The van der Waals surface area contributed by atoms with Gasteiger partial charge in [0, 0.05) is 17.4 Å².